The van der Waals surface area contributed by atoms with Gasteiger partial charge in [-0.3, -0.25) is 4.79 Å². The predicted molar refractivity (Wildman–Crippen MR) is 73.2 cm³/mol. The highest BCUT2D eigenvalue weighted by Gasteiger charge is 2.20. The lowest BCUT2D eigenvalue weighted by Crippen LogP contribution is -2.23. The van der Waals surface area contributed by atoms with E-state index in [1.165, 1.54) is 19.3 Å². The van der Waals surface area contributed by atoms with E-state index < -0.39 is 0 Å². The van der Waals surface area contributed by atoms with E-state index in [0.29, 0.717) is 5.56 Å². The maximum absolute atomic E-state index is 11.3. The number of carbonyl (C=O) groups is 1. The largest absolute Gasteiger partial charge is 0.366 e. The second-order valence-electron chi connectivity index (χ2n) is 5.44. The van der Waals surface area contributed by atoms with Crippen LogP contribution in [0.3, 0.4) is 0 Å². The Bertz CT molecular complexity index is 417. The van der Waals surface area contributed by atoms with Crippen LogP contribution in [0.25, 0.3) is 0 Å². The Balaban J connectivity index is 1.85. The first-order valence-corrected chi connectivity index (χ1v) is 6.75. The first-order valence-electron chi connectivity index (χ1n) is 6.75. The summed E-state index contributed by atoms with van der Waals surface area (Å²) in [5.74, 6) is 1.32. The highest BCUT2D eigenvalue weighted by atomic mass is 16.1. The summed E-state index contributed by atoms with van der Waals surface area (Å²) in [5, 5.41) is 3.45. The van der Waals surface area contributed by atoms with Crippen molar-refractivity contribution in [1.82, 2.24) is 5.32 Å². The molecule has 18 heavy (non-hydrogen) atoms. The van der Waals surface area contributed by atoms with Crippen molar-refractivity contribution in [2.24, 2.45) is 17.6 Å². The number of hydrogen-bond acceptors (Lipinski definition) is 2. The number of nitrogens with one attached hydrogen (secondary N) is 1. The molecule has 3 nitrogen and oxygen atoms in total. The Hall–Kier alpha value is -1.35. The van der Waals surface area contributed by atoms with Gasteiger partial charge in [0.25, 0.3) is 0 Å². The summed E-state index contributed by atoms with van der Waals surface area (Å²) in [4.78, 5) is 11.3. The summed E-state index contributed by atoms with van der Waals surface area (Å²) >= 11 is 0. The molecule has 0 heterocycles. The molecule has 0 aliphatic heterocycles. The molecule has 0 radical (unpaired) electrons. The van der Waals surface area contributed by atoms with Crippen LogP contribution in [-0.4, -0.2) is 12.5 Å². The highest BCUT2D eigenvalue weighted by Crippen LogP contribution is 2.29. The van der Waals surface area contributed by atoms with Crippen molar-refractivity contribution in [2.45, 2.75) is 32.7 Å². The van der Waals surface area contributed by atoms with Crippen molar-refractivity contribution >= 4 is 5.91 Å². The first-order chi connectivity index (χ1) is 8.66. The molecule has 0 saturated heterocycles. The van der Waals surface area contributed by atoms with Gasteiger partial charge in [0.2, 0.25) is 5.91 Å². The molecule has 98 valence electrons. The van der Waals surface area contributed by atoms with E-state index in [1.807, 2.05) is 18.2 Å². The van der Waals surface area contributed by atoms with Gasteiger partial charge in [-0.05, 0) is 42.9 Å². The summed E-state index contributed by atoms with van der Waals surface area (Å²) in [6.07, 6.45) is 4.00. The Morgan fingerprint density at radius 3 is 2.83 bits per heavy atom. The van der Waals surface area contributed by atoms with E-state index in [9.17, 15) is 4.79 Å². The molecular weight excluding hydrogens is 224 g/mol. The molecule has 3 heteroatoms. The number of hydrogen-bond donors (Lipinski definition) is 2. The van der Waals surface area contributed by atoms with E-state index in [0.717, 1.165) is 30.5 Å². The zero-order chi connectivity index (χ0) is 13.0. The number of carbonyl (C=O) groups excluding carboxylic acids is 1. The fourth-order valence-corrected chi connectivity index (χ4v) is 2.84. The normalized spacial score (nSPS) is 23.2. The van der Waals surface area contributed by atoms with Crippen LogP contribution in [0.15, 0.2) is 24.3 Å². The van der Waals surface area contributed by atoms with Gasteiger partial charge in [-0.1, -0.05) is 31.5 Å². The molecule has 1 aromatic rings. The van der Waals surface area contributed by atoms with Crippen LogP contribution in [0, 0.1) is 11.8 Å². The average Bonchev–Trinajstić information content (AvgIpc) is 2.75. The van der Waals surface area contributed by atoms with E-state index in [-0.39, 0.29) is 5.91 Å². The van der Waals surface area contributed by atoms with Crippen molar-refractivity contribution in [2.75, 3.05) is 6.54 Å². The number of amides is 1. The molecular formula is C15H22N2O. The molecule has 1 aromatic carbocycles. The van der Waals surface area contributed by atoms with Crippen molar-refractivity contribution in [1.29, 1.82) is 0 Å². The second-order valence-corrected chi connectivity index (χ2v) is 5.44. The van der Waals surface area contributed by atoms with Gasteiger partial charge in [-0.2, -0.15) is 0 Å². The Kier molecular flexibility index (Phi) is 4.37. The van der Waals surface area contributed by atoms with Gasteiger partial charge in [0.05, 0.1) is 0 Å². The van der Waals surface area contributed by atoms with Gasteiger partial charge in [-0.25, -0.2) is 0 Å². The van der Waals surface area contributed by atoms with Crippen LogP contribution in [0.4, 0.5) is 0 Å². The minimum absolute atomic E-state index is 0.345. The van der Waals surface area contributed by atoms with Gasteiger partial charge < -0.3 is 11.1 Å². The maximum Gasteiger partial charge on any atom is 0.249 e. The lowest BCUT2D eigenvalue weighted by atomic mass is 10.0. The SMILES string of the molecule is CC1CCC(CNCc2ccccc2C(N)=O)C1. The molecule has 0 bridgehead atoms. The molecule has 2 atom stereocenters. The molecule has 1 amide bonds. The number of rotatable bonds is 5. The maximum atomic E-state index is 11.3. The van der Waals surface area contributed by atoms with Gasteiger partial charge in [0, 0.05) is 12.1 Å². The minimum Gasteiger partial charge on any atom is -0.366 e. The summed E-state index contributed by atoms with van der Waals surface area (Å²) in [6.45, 7) is 4.09. The third-order valence-electron chi connectivity index (χ3n) is 3.83. The Morgan fingerprint density at radius 2 is 2.17 bits per heavy atom. The van der Waals surface area contributed by atoms with Crippen LogP contribution in [0.1, 0.15) is 42.1 Å². The van der Waals surface area contributed by atoms with Crippen LogP contribution in [0.2, 0.25) is 0 Å². The second kappa shape index (κ2) is 6.01. The zero-order valence-corrected chi connectivity index (χ0v) is 11.0. The van der Waals surface area contributed by atoms with Gasteiger partial charge in [0.1, 0.15) is 0 Å². The Labute approximate surface area is 109 Å². The van der Waals surface area contributed by atoms with Crippen molar-refractivity contribution in [3.05, 3.63) is 35.4 Å². The average molecular weight is 246 g/mol. The lowest BCUT2D eigenvalue weighted by Gasteiger charge is -2.12. The summed E-state index contributed by atoms with van der Waals surface area (Å²) < 4.78 is 0. The third-order valence-corrected chi connectivity index (χ3v) is 3.83. The smallest absolute Gasteiger partial charge is 0.249 e. The molecule has 1 fully saturated rings. The van der Waals surface area contributed by atoms with Gasteiger partial charge in [-0.15, -0.1) is 0 Å². The molecule has 1 aliphatic carbocycles. The fraction of sp³-hybridized carbons (Fsp3) is 0.533. The van der Waals surface area contributed by atoms with Gasteiger partial charge >= 0.3 is 0 Å². The predicted octanol–water partition coefficient (Wildman–Crippen LogP) is 2.31. The fourth-order valence-electron chi connectivity index (χ4n) is 2.84. The molecule has 0 spiro atoms. The van der Waals surface area contributed by atoms with E-state index in [4.69, 9.17) is 5.73 Å². The molecule has 3 N–H and O–H groups in total. The summed E-state index contributed by atoms with van der Waals surface area (Å²) in [5.41, 5.74) is 6.99. The Morgan fingerprint density at radius 1 is 1.39 bits per heavy atom. The summed E-state index contributed by atoms with van der Waals surface area (Å²) in [7, 11) is 0. The molecule has 2 rings (SSSR count). The van der Waals surface area contributed by atoms with E-state index >= 15 is 0 Å². The zero-order valence-electron chi connectivity index (χ0n) is 11.0. The quantitative estimate of drug-likeness (QED) is 0.837. The lowest BCUT2D eigenvalue weighted by molar-refractivity contribution is 0.0999. The standard InChI is InChI=1S/C15H22N2O/c1-11-6-7-12(8-11)9-17-10-13-4-2-3-5-14(13)15(16)18/h2-5,11-12,17H,6-10H2,1H3,(H2,16,18). The minimum atomic E-state index is -0.345. The van der Waals surface area contributed by atoms with Crippen molar-refractivity contribution in [3.63, 3.8) is 0 Å². The number of benzene rings is 1. The molecule has 2 unspecified atom stereocenters. The highest BCUT2D eigenvalue weighted by molar-refractivity contribution is 5.94. The first kappa shape index (κ1) is 13.1. The van der Waals surface area contributed by atoms with Crippen molar-refractivity contribution in [3.8, 4) is 0 Å². The topological polar surface area (TPSA) is 55.1 Å². The molecule has 1 saturated carbocycles. The van der Waals surface area contributed by atoms with Crippen LogP contribution >= 0.6 is 0 Å². The monoisotopic (exact) mass is 246 g/mol. The van der Waals surface area contributed by atoms with Crippen LogP contribution < -0.4 is 11.1 Å². The summed E-state index contributed by atoms with van der Waals surface area (Å²) in [6, 6.07) is 7.55. The van der Waals surface area contributed by atoms with Gasteiger partial charge in [0.15, 0.2) is 0 Å². The molecule has 0 aromatic heterocycles. The van der Waals surface area contributed by atoms with Crippen LogP contribution in [-0.2, 0) is 6.54 Å². The third kappa shape index (κ3) is 3.33. The van der Waals surface area contributed by atoms with E-state index in [2.05, 4.69) is 12.2 Å². The van der Waals surface area contributed by atoms with Crippen LogP contribution in [0.5, 0.6) is 0 Å². The number of primary amides is 1. The van der Waals surface area contributed by atoms with Crippen molar-refractivity contribution < 1.29 is 4.79 Å². The van der Waals surface area contributed by atoms with E-state index in [1.54, 1.807) is 6.07 Å². The molecule has 1 aliphatic rings. The number of nitrogens with two attached hydrogens (primary N) is 1.